The van der Waals surface area contributed by atoms with Crippen molar-refractivity contribution in [1.29, 1.82) is 0 Å². The maximum Gasteiger partial charge on any atom is 0.231 e. The van der Waals surface area contributed by atoms with Gasteiger partial charge in [0.05, 0.1) is 0 Å². The molecule has 0 saturated carbocycles. The van der Waals surface area contributed by atoms with Gasteiger partial charge < -0.3 is 0 Å². The van der Waals surface area contributed by atoms with Crippen LogP contribution in [0.15, 0.2) is 47.5 Å². The average Bonchev–Trinajstić information content (AvgIpc) is 2.72. The molecular formula is C26H33NO2. The van der Waals surface area contributed by atoms with Gasteiger partial charge in [0.25, 0.3) is 0 Å². The molecule has 0 aromatic heterocycles. The van der Waals surface area contributed by atoms with Gasteiger partial charge in [-0.2, -0.15) is 0 Å². The van der Waals surface area contributed by atoms with Gasteiger partial charge in [-0.15, -0.1) is 0 Å². The predicted octanol–water partition coefficient (Wildman–Crippen LogP) is 5.74. The molecule has 0 radical (unpaired) electrons. The van der Waals surface area contributed by atoms with Crippen LogP contribution in [-0.2, 0) is 24.1 Å². The summed E-state index contributed by atoms with van der Waals surface area (Å²) in [6.45, 7) is 10.1. The van der Waals surface area contributed by atoms with Gasteiger partial charge in [-0.05, 0) is 49.8 Å². The lowest BCUT2D eigenvalue weighted by molar-refractivity contribution is -0.116. The lowest BCUT2D eigenvalue weighted by atomic mass is 9.88. The largest absolute Gasteiger partial charge is 0.288 e. The van der Waals surface area contributed by atoms with Gasteiger partial charge in [-0.1, -0.05) is 75.2 Å². The van der Waals surface area contributed by atoms with E-state index in [0.29, 0.717) is 12.0 Å². The SMILES string of the molecule is CCCC(C)=NC(Cc1ccccc1)C(=O)C(=O)c1c(CC)cc(C)cc1CC. The van der Waals surface area contributed by atoms with E-state index < -0.39 is 17.6 Å². The predicted molar refractivity (Wildman–Crippen MR) is 121 cm³/mol. The molecule has 3 nitrogen and oxygen atoms in total. The Bertz CT molecular complexity index is 856. The summed E-state index contributed by atoms with van der Waals surface area (Å²) in [7, 11) is 0. The summed E-state index contributed by atoms with van der Waals surface area (Å²) >= 11 is 0. The Kier molecular flexibility index (Phi) is 8.50. The van der Waals surface area contributed by atoms with Crippen LogP contribution in [0.2, 0.25) is 0 Å². The molecular weight excluding hydrogens is 358 g/mol. The highest BCUT2D eigenvalue weighted by molar-refractivity contribution is 6.46. The molecule has 1 unspecified atom stereocenters. The van der Waals surface area contributed by atoms with E-state index in [1.165, 1.54) is 0 Å². The van der Waals surface area contributed by atoms with E-state index in [2.05, 4.69) is 11.9 Å². The molecule has 3 heteroatoms. The van der Waals surface area contributed by atoms with E-state index in [1.807, 2.05) is 70.2 Å². The van der Waals surface area contributed by atoms with Crippen LogP contribution in [0, 0.1) is 6.92 Å². The third kappa shape index (κ3) is 5.96. The number of ketones is 2. The van der Waals surface area contributed by atoms with Gasteiger partial charge in [0, 0.05) is 17.7 Å². The minimum atomic E-state index is -0.674. The van der Waals surface area contributed by atoms with Crippen molar-refractivity contribution in [3.05, 3.63) is 70.3 Å². The molecule has 0 aliphatic rings. The van der Waals surface area contributed by atoms with Crippen LogP contribution >= 0.6 is 0 Å². The van der Waals surface area contributed by atoms with Gasteiger partial charge in [0.15, 0.2) is 0 Å². The van der Waals surface area contributed by atoms with Crippen molar-refractivity contribution in [1.82, 2.24) is 0 Å². The Morgan fingerprint density at radius 2 is 1.55 bits per heavy atom. The van der Waals surface area contributed by atoms with Crippen molar-refractivity contribution in [2.45, 2.75) is 72.8 Å². The summed E-state index contributed by atoms with van der Waals surface area (Å²) in [5, 5.41) is 0. The fraction of sp³-hybridized carbons (Fsp3) is 0.423. The summed E-state index contributed by atoms with van der Waals surface area (Å²) in [5.41, 5.74) is 5.56. The lowest BCUT2D eigenvalue weighted by Gasteiger charge is -2.17. The Morgan fingerprint density at radius 1 is 0.966 bits per heavy atom. The van der Waals surface area contributed by atoms with Crippen LogP contribution in [0.5, 0.6) is 0 Å². The first kappa shape index (κ1) is 22.7. The highest BCUT2D eigenvalue weighted by atomic mass is 16.2. The van der Waals surface area contributed by atoms with Gasteiger partial charge in [-0.3, -0.25) is 14.6 Å². The zero-order valence-corrected chi connectivity index (χ0v) is 18.4. The molecule has 1 atom stereocenters. The van der Waals surface area contributed by atoms with Crippen LogP contribution in [-0.4, -0.2) is 23.3 Å². The molecule has 0 aliphatic carbocycles. The zero-order chi connectivity index (χ0) is 21.4. The summed E-state index contributed by atoms with van der Waals surface area (Å²) in [4.78, 5) is 31.4. The molecule has 154 valence electrons. The lowest BCUT2D eigenvalue weighted by Crippen LogP contribution is -2.31. The molecule has 0 amide bonds. The van der Waals surface area contributed by atoms with E-state index in [1.54, 1.807) is 0 Å². The first-order valence-corrected chi connectivity index (χ1v) is 10.7. The maximum absolute atomic E-state index is 13.4. The molecule has 2 aromatic rings. The minimum Gasteiger partial charge on any atom is -0.288 e. The van der Waals surface area contributed by atoms with Gasteiger partial charge in [-0.25, -0.2) is 0 Å². The standard InChI is InChI=1S/C26H33NO2/c1-6-12-19(5)27-23(17-20-13-10-9-11-14-20)25(28)26(29)24-21(7-2)15-18(4)16-22(24)8-3/h9-11,13-16,23H,6-8,12,17H2,1-5H3. The van der Waals surface area contributed by atoms with E-state index in [0.717, 1.165) is 53.6 Å². The van der Waals surface area contributed by atoms with Crippen molar-refractivity contribution < 1.29 is 9.59 Å². The van der Waals surface area contributed by atoms with Crippen molar-refractivity contribution in [3.8, 4) is 0 Å². The van der Waals surface area contributed by atoms with Crippen molar-refractivity contribution in [2.24, 2.45) is 4.99 Å². The first-order chi connectivity index (χ1) is 13.9. The van der Waals surface area contributed by atoms with Crippen molar-refractivity contribution in [3.63, 3.8) is 0 Å². The molecule has 2 rings (SSSR count). The van der Waals surface area contributed by atoms with E-state index in [-0.39, 0.29) is 0 Å². The maximum atomic E-state index is 13.4. The number of Topliss-reactive ketones (excluding diaryl/α,β-unsaturated/α-hetero) is 2. The number of hydrogen-bond acceptors (Lipinski definition) is 3. The quantitative estimate of drug-likeness (QED) is 0.294. The monoisotopic (exact) mass is 391 g/mol. The van der Waals surface area contributed by atoms with Gasteiger partial charge in [0.1, 0.15) is 6.04 Å². The topological polar surface area (TPSA) is 46.5 Å². The normalized spacial score (nSPS) is 12.7. The second-order valence-electron chi connectivity index (χ2n) is 7.68. The van der Waals surface area contributed by atoms with Gasteiger partial charge in [0.2, 0.25) is 11.6 Å². The molecule has 0 bridgehead atoms. The molecule has 0 spiro atoms. The van der Waals surface area contributed by atoms with E-state index in [9.17, 15) is 9.59 Å². The highest BCUT2D eigenvalue weighted by Gasteiger charge is 2.29. The Hall–Kier alpha value is -2.55. The minimum absolute atomic E-state index is 0.396. The number of rotatable bonds is 10. The third-order valence-electron chi connectivity index (χ3n) is 5.22. The van der Waals surface area contributed by atoms with E-state index >= 15 is 0 Å². The third-order valence-corrected chi connectivity index (χ3v) is 5.22. The number of carbonyl (C=O) groups is 2. The van der Waals surface area contributed by atoms with Crippen LogP contribution in [0.25, 0.3) is 0 Å². The molecule has 0 N–H and O–H groups in total. The smallest absolute Gasteiger partial charge is 0.231 e. The Labute approximate surface area is 175 Å². The van der Waals surface area contributed by atoms with Crippen molar-refractivity contribution >= 4 is 17.3 Å². The Balaban J connectivity index is 2.45. The number of benzene rings is 2. The van der Waals surface area contributed by atoms with E-state index in [4.69, 9.17) is 0 Å². The molecule has 0 fully saturated rings. The average molecular weight is 392 g/mol. The molecule has 0 saturated heterocycles. The van der Waals surface area contributed by atoms with Crippen LogP contribution in [0.1, 0.15) is 73.1 Å². The zero-order valence-electron chi connectivity index (χ0n) is 18.4. The molecule has 2 aromatic carbocycles. The Morgan fingerprint density at radius 3 is 2.07 bits per heavy atom. The van der Waals surface area contributed by atoms with Crippen LogP contribution < -0.4 is 0 Å². The first-order valence-electron chi connectivity index (χ1n) is 10.7. The fourth-order valence-corrected chi connectivity index (χ4v) is 3.79. The van der Waals surface area contributed by atoms with Crippen LogP contribution in [0.4, 0.5) is 0 Å². The number of aliphatic imine (C=N–C) groups is 1. The number of carbonyl (C=O) groups excluding carboxylic acids is 2. The van der Waals surface area contributed by atoms with Gasteiger partial charge >= 0.3 is 0 Å². The number of nitrogens with zero attached hydrogens (tertiary/aromatic N) is 1. The summed E-state index contributed by atoms with van der Waals surface area (Å²) in [5.74, 6) is -0.801. The summed E-state index contributed by atoms with van der Waals surface area (Å²) in [6.07, 6.45) is 3.70. The number of hydrogen-bond donors (Lipinski definition) is 0. The summed E-state index contributed by atoms with van der Waals surface area (Å²) < 4.78 is 0. The highest BCUT2D eigenvalue weighted by Crippen LogP contribution is 2.22. The second kappa shape index (κ2) is 10.8. The molecule has 29 heavy (non-hydrogen) atoms. The number of aryl methyl sites for hydroxylation is 3. The van der Waals surface area contributed by atoms with Crippen molar-refractivity contribution in [2.75, 3.05) is 0 Å². The van der Waals surface area contributed by atoms with Crippen LogP contribution in [0.3, 0.4) is 0 Å². The summed E-state index contributed by atoms with van der Waals surface area (Å²) in [6, 6.07) is 13.2. The molecule has 0 heterocycles. The second-order valence-corrected chi connectivity index (χ2v) is 7.68. The molecule has 0 aliphatic heterocycles. The fourth-order valence-electron chi connectivity index (χ4n) is 3.79.